The minimum absolute atomic E-state index is 0.0884. The Kier molecular flexibility index (Phi) is 5.74. The lowest BCUT2D eigenvalue weighted by Gasteiger charge is -2.23. The fraction of sp³-hybridized carbons (Fsp3) is 0.429. The Balaban J connectivity index is 1.65. The quantitative estimate of drug-likeness (QED) is 0.774. The van der Waals surface area contributed by atoms with E-state index in [9.17, 15) is 24.3 Å². The third-order valence-corrected chi connectivity index (χ3v) is 5.37. The lowest BCUT2D eigenvalue weighted by atomic mass is 9.83. The van der Waals surface area contributed by atoms with Crippen molar-refractivity contribution in [3.63, 3.8) is 0 Å². The van der Waals surface area contributed by atoms with Crippen LogP contribution in [0.15, 0.2) is 35.4 Å². The number of ketones is 2. The lowest BCUT2D eigenvalue weighted by Crippen LogP contribution is -2.41. The molecule has 2 atom stereocenters. The number of fused-ring (bicyclic) bond motifs is 1. The first-order valence-electron chi connectivity index (χ1n) is 9.28. The SMILES string of the molecule is COC(=O)[C@@H]1C[C@@H](O)CN1C(=O)CCCC1=C(C)C(=O)c2ccccc2C1=O. The smallest absolute Gasteiger partial charge is 0.328 e. The molecule has 3 rings (SSSR count). The van der Waals surface area contributed by atoms with Crippen molar-refractivity contribution >= 4 is 23.4 Å². The van der Waals surface area contributed by atoms with Crippen LogP contribution >= 0.6 is 0 Å². The molecule has 0 radical (unpaired) electrons. The summed E-state index contributed by atoms with van der Waals surface area (Å²) in [5, 5.41) is 9.79. The number of amides is 1. The van der Waals surface area contributed by atoms with Crippen LogP contribution in [-0.2, 0) is 14.3 Å². The van der Waals surface area contributed by atoms with Gasteiger partial charge >= 0.3 is 5.97 Å². The Morgan fingerprint density at radius 1 is 1.18 bits per heavy atom. The minimum Gasteiger partial charge on any atom is -0.467 e. The van der Waals surface area contributed by atoms with Gasteiger partial charge in [-0.1, -0.05) is 24.3 Å². The highest BCUT2D eigenvalue weighted by atomic mass is 16.5. The van der Waals surface area contributed by atoms with E-state index in [2.05, 4.69) is 0 Å². The van der Waals surface area contributed by atoms with Crippen LogP contribution in [0.1, 0.15) is 53.3 Å². The molecule has 0 bridgehead atoms. The number of rotatable bonds is 5. The van der Waals surface area contributed by atoms with E-state index < -0.39 is 18.1 Å². The molecule has 7 heteroatoms. The molecule has 1 heterocycles. The molecule has 0 unspecified atom stereocenters. The summed E-state index contributed by atoms with van der Waals surface area (Å²) in [6.45, 7) is 1.72. The third-order valence-electron chi connectivity index (χ3n) is 5.37. The molecule has 1 aromatic rings. The summed E-state index contributed by atoms with van der Waals surface area (Å²) in [5.41, 5.74) is 1.66. The predicted molar refractivity (Wildman–Crippen MR) is 99.8 cm³/mol. The fourth-order valence-electron chi connectivity index (χ4n) is 3.86. The third kappa shape index (κ3) is 3.62. The second-order valence-corrected chi connectivity index (χ2v) is 7.14. The van der Waals surface area contributed by atoms with Crippen molar-refractivity contribution < 1.29 is 29.0 Å². The zero-order valence-corrected chi connectivity index (χ0v) is 15.9. The Hall–Kier alpha value is -2.80. The Morgan fingerprint density at radius 3 is 2.46 bits per heavy atom. The number of benzene rings is 1. The topological polar surface area (TPSA) is 101 Å². The molecular weight excluding hydrogens is 362 g/mol. The number of ether oxygens (including phenoxy) is 1. The second kappa shape index (κ2) is 8.06. The Bertz CT molecular complexity index is 871. The first kappa shape index (κ1) is 19.9. The highest BCUT2D eigenvalue weighted by Gasteiger charge is 2.39. The zero-order chi connectivity index (χ0) is 20.4. The number of carbonyl (C=O) groups is 4. The van der Waals surface area contributed by atoms with Gasteiger partial charge < -0.3 is 14.7 Å². The fourth-order valence-corrected chi connectivity index (χ4v) is 3.86. The van der Waals surface area contributed by atoms with Crippen LogP contribution in [0.4, 0.5) is 0 Å². The number of nitrogens with zero attached hydrogens (tertiary/aromatic N) is 1. The highest BCUT2D eigenvalue weighted by molar-refractivity contribution is 6.26. The standard InChI is InChI=1S/C21H23NO6/c1-12-14(20(26)16-7-4-3-6-15(16)19(12)25)8-5-9-18(24)22-11-13(23)10-17(22)21(27)28-2/h3-4,6-7,13,17,23H,5,8-11H2,1-2H3/t13-,17+/m1/s1. The molecule has 0 spiro atoms. The van der Waals surface area contributed by atoms with Gasteiger partial charge in [-0.05, 0) is 19.8 Å². The van der Waals surface area contributed by atoms with Crippen LogP contribution in [0, 0.1) is 0 Å². The molecule has 148 valence electrons. The van der Waals surface area contributed by atoms with E-state index in [0.29, 0.717) is 35.1 Å². The number of hydrogen-bond donors (Lipinski definition) is 1. The molecule has 1 fully saturated rings. The molecule has 2 aliphatic rings. The molecule has 1 aliphatic heterocycles. The largest absolute Gasteiger partial charge is 0.467 e. The number of methoxy groups -OCH3 is 1. The van der Waals surface area contributed by atoms with E-state index in [1.807, 2.05) is 0 Å². The normalized spacial score (nSPS) is 21.8. The minimum atomic E-state index is -0.779. The molecule has 0 saturated carbocycles. The summed E-state index contributed by atoms with van der Waals surface area (Å²) in [6.07, 6.45) is 0.183. The molecule has 1 aromatic carbocycles. The van der Waals surface area contributed by atoms with E-state index in [1.165, 1.54) is 12.0 Å². The van der Waals surface area contributed by atoms with Crippen LogP contribution < -0.4 is 0 Å². The van der Waals surface area contributed by atoms with E-state index >= 15 is 0 Å². The first-order valence-corrected chi connectivity index (χ1v) is 9.28. The van der Waals surface area contributed by atoms with Gasteiger partial charge in [-0.25, -0.2) is 4.79 Å². The maximum Gasteiger partial charge on any atom is 0.328 e. The van der Waals surface area contributed by atoms with Gasteiger partial charge in [-0.15, -0.1) is 0 Å². The molecule has 28 heavy (non-hydrogen) atoms. The van der Waals surface area contributed by atoms with Crippen molar-refractivity contribution in [2.24, 2.45) is 0 Å². The molecule has 0 aromatic heterocycles. The van der Waals surface area contributed by atoms with Gasteiger partial charge in [0.1, 0.15) is 6.04 Å². The Labute approximate surface area is 163 Å². The molecular formula is C21H23NO6. The van der Waals surface area contributed by atoms with Crippen molar-refractivity contribution in [1.82, 2.24) is 4.90 Å². The van der Waals surface area contributed by atoms with E-state index in [4.69, 9.17) is 4.74 Å². The molecule has 1 aliphatic carbocycles. The van der Waals surface area contributed by atoms with Gasteiger partial charge in [0.15, 0.2) is 11.6 Å². The monoisotopic (exact) mass is 385 g/mol. The van der Waals surface area contributed by atoms with Crippen LogP contribution in [0.25, 0.3) is 0 Å². The van der Waals surface area contributed by atoms with Gasteiger partial charge in [0.05, 0.1) is 13.2 Å². The van der Waals surface area contributed by atoms with Crippen molar-refractivity contribution in [3.8, 4) is 0 Å². The molecule has 1 saturated heterocycles. The number of allylic oxidation sites excluding steroid dienone is 2. The van der Waals surface area contributed by atoms with Crippen molar-refractivity contribution in [3.05, 3.63) is 46.5 Å². The van der Waals surface area contributed by atoms with Gasteiger partial charge in [-0.2, -0.15) is 0 Å². The van der Waals surface area contributed by atoms with Gasteiger partial charge in [0.2, 0.25) is 5.91 Å². The van der Waals surface area contributed by atoms with Crippen molar-refractivity contribution in [2.75, 3.05) is 13.7 Å². The number of Topliss-reactive ketones (excluding diaryl/α,β-unsaturated/α-hetero) is 2. The molecule has 1 amide bonds. The van der Waals surface area contributed by atoms with Gasteiger partial charge in [0, 0.05) is 41.7 Å². The molecule has 7 nitrogen and oxygen atoms in total. The summed E-state index contributed by atoms with van der Waals surface area (Å²) in [4.78, 5) is 50.9. The van der Waals surface area contributed by atoms with Crippen LogP contribution in [0.5, 0.6) is 0 Å². The average Bonchev–Trinajstić information content (AvgIpc) is 3.10. The number of β-amino-alcohol motifs (C(OH)–C–C–N with tert-alkyl or cyclic N) is 1. The second-order valence-electron chi connectivity index (χ2n) is 7.14. The number of esters is 1. The van der Waals surface area contributed by atoms with Crippen LogP contribution in [0.3, 0.4) is 0 Å². The lowest BCUT2D eigenvalue weighted by molar-refractivity contribution is -0.151. The Morgan fingerprint density at radius 2 is 1.82 bits per heavy atom. The van der Waals surface area contributed by atoms with Gasteiger partial charge in [-0.3, -0.25) is 14.4 Å². The van der Waals surface area contributed by atoms with Gasteiger partial charge in [0.25, 0.3) is 0 Å². The van der Waals surface area contributed by atoms with Crippen molar-refractivity contribution in [2.45, 2.75) is 44.8 Å². The average molecular weight is 385 g/mol. The zero-order valence-electron chi connectivity index (χ0n) is 15.9. The van der Waals surface area contributed by atoms with Crippen molar-refractivity contribution in [1.29, 1.82) is 0 Å². The number of hydrogen-bond acceptors (Lipinski definition) is 6. The molecule has 1 N–H and O–H groups in total. The van der Waals surface area contributed by atoms with E-state index in [0.717, 1.165) is 0 Å². The van der Waals surface area contributed by atoms with E-state index in [-0.39, 0.29) is 36.9 Å². The number of carbonyl (C=O) groups excluding carboxylic acids is 4. The highest BCUT2D eigenvalue weighted by Crippen LogP contribution is 2.29. The summed E-state index contributed by atoms with van der Waals surface area (Å²) in [7, 11) is 1.24. The number of aliphatic hydroxyl groups is 1. The summed E-state index contributed by atoms with van der Waals surface area (Å²) in [5.74, 6) is -1.16. The first-order chi connectivity index (χ1) is 13.3. The van der Waals surface area contributed by atoms with E-state index in [1.54, 1.807) is 31.2 Å². The number of likely N-dealkylation sites (tertiary alicyclic amines) is 1. The maximum atomic E-state index is 12.7. The summed E-state index contributed by atoms with van der Waals surface area (Å²) < 4.78 is 4.70. The van der Waals surface area contributed by atoms with Crippen LogP contribution in [0.2, 0.25) is 0 Å². The van der Waals surface area contributed by atoms with Crippen LogP contribution in [-0.4, -0.2) is 59.2 Å². The predicted octanol–water partition coefficient (Wildman–Crippen LogP) is 1.69. The number of aliphatic hydroxyl groups excluding tert-OH is 1. The maximum absolute atomic E-state index is 12.7. The summed E-state index contributed by atoms with van der Waals surface area (Å²) in [6, 6.07) is 5.95. The summed E-state index contributed by atoms with van der Waals surface area (Å²) >= 11 is 0.